The highest BCUT2D eigenvalue weighted by Crippen LogP contribution is 2.15. The predicted molar refractivity (Wildman–Crippen MR) is 44.9 cm³/mol. The third-order valence-corrected chi connectivity index (χ3v) is 1.77. The molecule has 1 aliphatic carbocycles. The molecule has 10 heavy (non-hydrogen) atoms. The summed E-state index contributed by atoms with van der Waals surface area (Å²) in [5.74, 6) is 0. The highest BCUT2D eigenvalue weighted by molar-refractivity contribution is 5.25. The second-order valence-electron chi connectivity index (χ2n) is 3.08. The third kappa shape index (κ3) is 1.89. The van der Waals surface area contributed by atoms with Crippen LogP contribution >= 0.6 is 0 Å². The van der Waals surface area contributed by atoms with Gasteiger partial charge in [0.15, 0.2) is 0 Å². The largest absolute Gasteiger partial charge is 0.119 e. The zero-order valence-corrected chi connectivity index (χ0v) is 6.99. The molecule has 0 aromatic heterocycles. The van der Waals surface area contributed by atoms with E-state index in [-0.39, 0.29) is 0 Å². The number of hydrogen-bond donors (Lipinski definition) is 0. The van der Waals surface area contributed by atoms with Crippen molar-refractivity contribution in [1.29, 1.82) is 0 Å². The monoisotopic (exact) mass is 134 g/mol. The highest BCUT2D eigenvalue weighted by atomic mass is 14.0. The second kappa shape index (κ2) is 2.90. The Bertz CT molecular complexity index is 222. The van der Waals surface area contributed by atoms with E-state index in [0.717, 1.165) is 0 Å². The van der Waals surface area contributed by atoms with E-state index in [2.05, 4.69) is 32.6 Å². The first kappa shape index (κ1) is 7.37. The van der Waals surface area contributed by atoms with Crippen molar-refractivity contribution in [3.63, 3.8) is 0 Å². The minimum atomic E-state index is 1.18. The van der Waals surface area contributed by atoms with Crippen LogP contribution in [0.1, 0.15) is 33.6 Å². The van der Waals surface area contributed by atoms with Crippen molar-refractivity contribution in [3.05, 3.63) is 28.5 Å². The molecule has 1 aliphatic rings. The summed E-state index contributed by atoms with van der Waals surface area (Å²) in [7, 11) is 0. The molecule has 0 aliphatic heterocycles. The van der Waals surface area contributed by atoms with Gasteiger partial charge in [0, 0.05) is 0 Å². The number of rotatable bonds is 0. The lowest BCUT2D eigenvalue weighted by Crippen LogP contribution is -1.76. The summed E-state index contributed by atoms with van der Waals surface area (Å²) in [4.78, 5) is 0. The lowest BCUT2D eigenvalue weighted by Gasteiger charge is -1.95. The summed E-state index contributed by atoms with van der Waals surface area (Å²) in [6.45, 7) is 6.44. The Morgan fingerprint density at radius 3 is 2.60 bits per heavy atom. The molecule has 0 aromatic rings. The van der Waals surface area contributed by atoms with Crippen molar-refractivity contribution < 1.29 is 0 Å². The Kier molecular flexibility index (Phi) is 2.13. The average Bonchev–Trinajstić information content (AvgIpc) is 1.93. The molecule has 0 saturated carbocycles. The van der Waals surface area contributed by atoms with E-state index in [0.29, 0.717) is 0 Å². The molecule has 0 heteroatoms. The number of allylic oxidation sites excluding steroid dienone is 3. The summed E-state index contributed by atoms with van der Waals surface area (Å²) in [5, 5.41) is 0. The number of hydrogen-bond acceptors (Lipinski definition) is 0. The van der Waals surface area contributed by atoms with Gasteiger partial charge in [-0.15, -0.1) is 5.73 Å². The van der Waals surface area contributed by atoms with Gasteiger partial charge in [-0.1, -0.05) is 11.6 Å². The Hall–Kier alpha value is -0.740. The minimum Gasteiger partial charge on any atom is -0.119 e. The van der Waals surface area contributed by atoms with Gasteiger partial charge in [-0.2, -0.15) is 0 Å². The van der Waals surface area contributed by atoms with Crippen LogP contribution in [-0.4, -0.2) is 0 Å². The molecule has 0 unspecified atom stereocenters. The predicted octanol–water partition coefficient (Wildman–Crippen LogP) is 3.22. The van der Waals surface area contributed by atoms with Crippen molar-refractivity contribution in [2.45, 2.75) is 33.6 Å². The van der Waals surface area contributed by atoms with Crippen LogP contribution < -0.4 is 0 Å². The van der Waals surface area contributed by atoms with Gasteiger partial charge < -0.3 is 0 Å². The van der Waals surface area contributed by atoms with Crippen LogP contribution in [0.4, 0.5) is 0 Å². The maximum absolute atomic E-state index is 3.33. The van der Waals surface area contributed by atoms with E-state index in [1.807, 2.05) is 0 Å². The van der Waals surface area contributed by atoms with E-state index >= 15 is 0 Å². The molecule has 0 radical (unpaired) electrons. The molecule has 0 saturated heterocycles. The van der Waals surface area contributed by atoms with E-state index in [1.165, 1.54) is 29.6 Å². The van der Waals surface area contributed by atoms with E-state index in [1.54, 1.807) is 0 Å². The zero-order valence-electron chi connectivity index (χ0n) is 6.99. The van der Waals surface area contributed by atoms with Crippen molar-refractivity contribution in [2.75, 3.05) is 0 Å². The smallest absolute Gasteiger partial charge is 0.00925 e. The van der Waals surface area contributed by atoms with Crippen LogP contribution in [0, 0.1) is 0 Å². The van der Waals surface area contributed by atoms with Crippen LogP contribution in [0.5, 0.6) is 0 Å². The van der Waals surface area contributed by atoms with Crippen LogP contribution in [-0.2, 0) is 0 Å². The molecule has 0 N–H and O–H groups in total. The SMILES string of the molecule is CC1=C=C(C)CCC(C)=C1. The Morgan fingerprint density at radius 2 is 1.90 bits per heavy atom. The average molecular weight is 134 g/mol. The van der Waals surface area contributed by atoms with Gasteiger partial charge >= 0.3 is 0 Å². The van der Waals surface area contributed by atoms with Gasteiger partial charge in [-0.3, -0.25) is 0 Å². The first-order valence-electron chi connectivity index (χ1n) is 3.78. The Labute approximate surface area is 62.9 Å². The third-order valence-electron chi connectivity index (χ3n) is 1.77. The Balaban J connectivity index is 2.98. The summed E-state index contributed by atoms with van der Waals surface area (Å²) < 4.78 is 0. The van der Waals surface area contributed by atoms with E-state index in [4.69, 9.17) is 0 Å². The fourth-order valence-corrected chi connectivity index (χ4v) is 1.26. The first-order chi connectivity index (χ1) is 4.68. The molecule has 0 amide bonds. The van der Waals surface area contributed by atoms with Gasteiger partial charge in [0.1, 0.15) is 0 Å². The van der Waals surface area contributed by atoms with E-state index < -0.39 is 0 Å². The van der Waals surface area contributed by atoms with Gasteiger partial charge in [0.25, 0.3) is 0 Å². The molecule has 0 bridgehead atoms. The van der Waals surface area contributed by atoms with Crippen LogP contribution in [0.3, 0.4) is 0 Å². The van der Waals surface area contributed by atoms with Crippen LogP contribution in [0.25, 0.3) is 0 Å². The van der Waals surface area contributed by atoms with Gasteiger partial charge in [-0.05, 0) is 44.8 Å². The highest BCUT2D eigenvalue weighted by Gasteiger charge is 1.96. The van der Waals surface area contributed by atoms with Gasteiger partial charge in [-0.25, -0.2) is 0 Å². The standard InChI is InChI=1S/C10H14/c1-8-4-5-9(2)7-10(3)6-8/h6H,4-5H2,1-3H3. The molecular weight excluding hydrogens is 120 g/mol. The topological polar surface area (TPSA) is 0 Å². The minimum absolute atomic E-state index is 1.18. The van der Waals surface area contributed by atoms with Crippen molar-refractivity contribution in [1.82, 2.24) is 0 Å². The zero-order chi connectivity index (χ0) is 7.56. The molecule has 1 rings (SSSR count). The van der Waals surface area contributed by atoms with Crippen molar-refractivity contribution in [2.24, 2.45) is 0 Å². The quantitative estimate of drug-likeness (QED) is 0.446. The molecule has 0 fully saturated rings. The van der Waals surface area contributed by atoms with Crippen LogP contribution in [0.2, 0.25) is 0 Å². The van der Waals surface area contributed by atoms with Crippen LogP contribution in [0.15, 0.2) is 28.5 Å². The normalized spacial score (nSPS) is 18.9. The maximum Gasteiger partial charge on any atom is -0.00925 e. The molecule has 54 valence electrons. The Morgan fingerprint density at radius 1 is 1.20 bits per heavy atom. The maximum atomic E-state index is 3.33. The van der Waals surface area contributed by atoms with Gasteiger partial charge in [0.05, 0.1) is 0 Å². The summed E-state index contributed by atoms with van der Waals surface area (Å²) in [6.07, 6.45) is 4.60. The summed E-state index contributed by atoms with van der Waals surface area (Å²) in [6, 6.07) is 0. The molecule has 0 atom stereocenters. The van der Waals surface area contributed by atoms with Gasteiger partial charge in [0.2, 0.25) is 0 Å². The van der Waals surface area contributed by atoms with Crippen molar-refractivity contribution >= 4 is 0 Å². The molecule has 0 aromatic carbocycles. The van der Waals surface area contributed by atoms with Crippen molar-refractivity contribution in [3.8, 4) is 0 Å². The molecule has 0 nitrogen and oxygen atoms in total. The molecule has 0 spiro atoms. The fourth-order valence-electron chi connectivity index (χ4n) is 1.26. The second-order valence-corrected chi connectivity index (χ2v) is 3.08. The summed E-state index contributed by atoms with van der Waals surface area (Å²) in [5.41, 5.74) is 7.45. The molecular formula is C10H14. The molecule has 0 heterocycles. The fraction of sp³-hybridized carbons (Fsp3) is 0.500. The lowest BCUT2D eigenvalue weighted by atomic mass is 10.1. The van der Waals surface area contributed by atoms with E-state index in [9.17, 15) is 0 Å². The summed E-state index contributed by atoms with van der Waals surface area (Å²) >= 11 is 0. The first-order valence-corrected chi connectivity index (χ1v) is 3.78. The lowest BCUT2D eigenvalue weighted by molar-refractivity contribution is 0.932.